The summed E-state index contributed by atoms with van der Waals surface area (Å²) in [5, 5.41) is 3.55. The molecule has 2 unspecified atom stereocenters. The molecule has 96 valence electrons. The first-order valence-corrected chi connectivity index (χ1v) is 7.50. The van der Waals surface area contributed by atoms with E-state index in [1.807, 2.05) is 5.51 Å². The SMILES string of the molecule is Cc1ncsc1CNCC1CCCCCC1N. The number of hydrogen-bond donors (Lipinski definition) is 2. The molecule has 2 atom stereocenters. The van der Waals surface area contributed by atoms with Gasteiger partial charge >= 0.3 is 0 Å². The van der Waals surface area contributed by atoms with Gasteiger partial charge in [0.25, 0.3) is 0 Å². The molecular weight excluding hydrogens is 230 g/mol. The van der Waals surface area contributed by atoms with Crippen LogP contribution in [-0.2, 0) is 6.54 Å². The number of aromatic nitrogens is 1. The normalized spacial score (nSPS) is 25.8. The molecule has 1 aliphatic rings. The Hall–Kier alpha value is -0.450. The largest absolute Gasteiger partial charge is 0.327 e. The smallest absolute Gasteiger partial charge is 0.0798 e. The molecule has 0 bridgehead atoms. The second-order valence-electron chi connectivity index (χ2n) is 5.05. The molecule has 1 fully saturated rings. The van der Waals surface area contributed by atoms with Crippen LogP contribution in [0.15, 0.2) is 5.51 Å². The van der Waals surface area contributed by atoms with Crippen molar-refractivity contribution in [1.29, 1.82) is 0 Å². The lowest BCUT2D eigenvalue weighted by molar-refractivity contribution is 0.374. The summed E-state index contributed by atoms with van der Waals surface area (Å²) in [5.41, 5.74) is 9.30. The van der Waals surface area contributed by atoms with Gasteiger partial charge in [-0.05, 0) is 32.2 Å². The van der Waals surface area contributed by atoms with Gasteiger partial charge < -0.3 is 11.1 Å². The summed E-state index contributed by atoms with van der Waals surface area (Å²) in [6.45, 7) is 4.07. The van der Waals surface area contributed by atoms with E-state index in [-0.39, 0.29) is 0 Å². The lowest BCUT2D eigenvalue weighted by Crippen LogP contribution is -2.36. The molecule has 4 heteroatoms. The average molecular weight is 253 g/mol. The molecule has 1 heterocycles. The van der Waals surface area contributed by atoms with Gasteiger partial charge in [-0.25, -0.2) is 4.98 Å². The van der Waals surface area contributed by atoms with Gasteiger partial charge in [-0.2, -0.15) is 0 Å². The molecule has 17 heavy (non-hydrogen) atoms. The zero-order chi connectivity index (χ0) is 12.1. The molecule has 1 aromatic rings. The first-order chi connectivity index (χ1) is 8.27. The summed E-state index contributed by atoms with van der Waals surface area (Å²) in [5.74, 6) is 0.658. The van der Waals surface area contributed by atoms with Gasteiger partial charge in [-0.3, -0.25) is 0 Å². The van der Waals surface area contributed by atoms with E-state index in [0.29, 0.717) is 12.0 Å². The van der Waals surface area contributed by atoms with Gasteiger partial charge in [0.05, 0.1) is 11.2 Å². The van der Waals surface area contributed by atoms with Gasteiger partial charge in [0, 0.05) is 17.5 Å². The average Bonchev–Trinajstić information content (AvgIpc) is 2.60. The van der Waals surface area contributed by atoms with Crippen LogP contribution in [-0.4, -0.2) is 17.6 Å². The molecule has 1 aliphatic carbocycles. The van der Waals surface area contributed by atoms with E-state index in [4.69, 9.17) is 5.73 Å². The summed E-state index contributed by atoms with van der Waals surface area (Å²) in [4.78, 5) is 5.62. The van der Waals surface area contributed by atoms with E-state index in [9.17, 15) is 0 Å². The maximum absolute atomic E-state index is 6.22. The fourth-order valence-corrected chi connectivity index (χ4v) is 3.28. The van der Waals surface area contributed by atoms with E-state index < -0.39 is 0 Å². The van der Waals surface area contributed by atoms with Crippen molar-refractivity contribution in [1.82, 2.24) is 10.3 Å². The summed E-state index contributed by atoms with van der Waals surface area (Å²) < 4.78 is 0. The Morgan fingerprint density at radius 2 is 2.24 bits per heavy atom. The molecule has 0 aromatic carbocycles. The zero-order valence-corrected chi connectivity index (χ0v) is 11.4. The van der Waals surface area contributed by atoms with Crippen LogP contribution in [0.3, 0.4) is 0 Å². The predicted molar refractivity (Wildman–Crippen MR) is 73.1 cm³/mol. The Labute approximate surface area is 108 Å². The molecule has 0 radical (unpaired) electrons. The standard InChI is InChI=1S/C13H23N3S/c1-10-13(17-9-16-10)8-15-7-11-5-3-2-4-6-12(11)14/h9,11-12,15H,2-8,14H2,1H3. The van der Waals surface area contributed by atoms with Crippen LogP contribution >= 0.6 is 11.3 Å². The second-order valence-corrected chi connectivity index (χ2v) is 5.99. The van der Waals surface area contributed by atoms with Crippen LogP contribution in [0, 0.1) is 12.8 Å². The third-order valence-corrected chi connectivity index (χ3v) is 4.69. The van der Waals surface area contributed by atoms with Crippen molar-refractivity contribution in [2.75, 3.05) is 6.54 Å². The maximum Gasteiger partial charge on any atom is 0.0798 e. The van der Waals surface area contributed by atoms with E-state index in [1.165, 1.54) is 37.0 Å². The minimum Gasteiger partial charge on any atom is -0.327 e. The second kappa shape index (κ2) is 6.47. The highest BCUT2D eigenvalue weighted by Gasteiger charge is 2.19. The molecule has 0 spiro atoms. The molecule has 2 rings (SSSR count). The van der Waals surface area contributed by atoms with Gasteiger partial charge in [0.15, 0.2) is 0 Å². The van der Waals surface area contributed by atoms with Crippen molar-refractivity contribution in [2.24, 2.45) is 11.7 Å². The van der Waals surface area contributed by atoms with Gasteiger partial charge in [-0.15, -0.1) is 11.3 Å². The Kier molecular flexibility index (Phi) is 4.95. The summed E-state index contributed by atoms with van der Waals surface area (Å²) >= 11 is 1.74. The fraction of sp³-hybridized carbons (Fsp3) is 0.769. The Morgan fingerprint density at radius 3 is 3.00 bits per heavy atom. The van der Waals surface area contributed by atoms with Gasteiger partial charge in [-0.1, -0.05) is 19.3 Å². The topological polar surface area (TPSA) is 50.9 Å². The lowest BCUT2D eigenvalue weighted by Gasteiger charge is -2.21. The molecule has 3 N–H and O–H groups in total. The van der Waals surface area contributed by atoms with Crippen LogP contribution < -0.4 is 11.1 Å². The van der Waals surface area contributed by atoms with Crippen molar-refractivity contribution < 1.29 is 0 Å². The van der Waals surface area contributed by atoms with Crippen LogP contribution in [0.1, 0.15) is 42.7 Å². The zero-order valence-electron chi connectivity index (χ0n) is 10.6. The van der Waals surface area contributed by atoms with Crippen LogP contribution in [0.4, 0.5) is 0 Å². The highest BCUT2D eigenvalue weighted by Crippen LogP contribution is 2.21. The number of nitrogens with two attached hydrogens (primary N) is 1. The number of hydrogen-bond acceptors (Lipinski definition) is 4. The Morgan fingerprint density at radius 1 is 1.41 bits per heavy atom. The Balaban J connectivity index is 1.75. The maximum atomic E-state index is 6.22. The Bertz CT molecular complexity index is 337. The van der Waals surface area contributed by atoms with Crippen molar-refractivity contribution >= 4 is 11.3 Å². The number of nitrogens with one attached hydrogen (secondary N) is 1. The summed E-state index contributed by atoms with van der Waals surface area (Å²) in [7, 11) is 0. The number of thiazole rings is 1. The fourth-order valence-electron chi connectivity index (χ4n) is 2.53. The van der Waals surface area contributed by atoms with E-state index in [1.54, 1.807) is 11.3 Å². The van der Waals surface area contributed by atoms with Crippen molar-refractivity contribution in [3.8, 4) is 0 Å². The van der Waals surface area contributed by atoms with Crippen molar-refractivity contribution in [3.05, 3.63) is 16.1 Å². The van der Waals surface area contributed by atoms with E-state index in [0.717, 1.165) is 18.8 Å². The highest BCUT2D eigenvalue weighted by molar-refractivity contribution is 7.09. The third kappa shape index (κ3) is 3.76. The van der Waals surface area contributed by atoms with E-state index in [2.05, 4.69) is 17.2 Å². The quantitative estimate of drug-likeness (QED) is 0.810. The lowest BCUT2D eigenvalue weighted by atomic mass is 9.95. The molecule has 0 aliphatic heterocycles. The minimum atomic E-state index is 0.396. The molecular formula is C13H23N3S. The third-order valence-electron chi connectivity index (χ3n) is 3.75. The van der Waals surface area contributed by atoms with Crippen LogP contribution in [0.5, 0.6) is 0 Å². The molecule has 1 saturated carbocycles. The predicted octanol–water partition coefficient (Wildman–Crippen LogP) is 2.45. The molecule has 0 amide bonds. The van der Waals surface area contributed by atoms with Crippen LogP contribution in [0.25, 0.3) is 0 Å². The van der Waals surface area contributed by atoms with E-state index >= 15 is 0 Å². The van der Waals surface area contributed by atoms with Gasteiger partial charge in [0.1, 0.15) is 0 Å². The van der Waals surface area contributed by atoms with Crippen LogP contribution in [0.2, 0.25) is 0 Å². The molecule has 3 nitrogen and oxygen atoms in total. The number of aryl methyl sites for hydroxylation is 1. The number of nitrogens with zero attached hydrogens (tertiary/aromatic N) is 1. The van der Waals surface area contributed by atoms with Crippen molar-refractivity contribution in [3.63, 3.8) is 0 Å². The molecule has 0 saturated heterocycles. The minimum absolute atomic E-state index is 0.396. The monoisotopic (exact) mass is 253 g/mol. The first-order valence-electron chi connectivity index (χ1n) is 6.62. The molecule has 1 aromatic heterocycles. The summed E-state index contributed by atoms with van der Waals surface area (Å²) in [6.07, 6.45) is 6.51. The number of rotatable bonds is 4. The van der Waals surface area contributed by atoms with Crippen molar-refractivity contribution in [2.45, 2.75) is 51.6 Å². The highest BCUT2D eigenvalue weighted by atomic mass is 32.1. The van der Waals surface area contributed by atoms with Gasteiger partial charge in [0.2, 0.25) is 0 Å². The summed E-state index contributed by atoms with van der Waals surface area (Å²) in [6, 6.07) is 0.396. The first kappa shape index (κ1) is 13.0.